The first-order valence-electron chi connectivity index (χ1n) is 7.15. The number of pyridine rings is 1. The fraction of sp³-hybridized carbons (Fsp3) is 0.667. The van der Waals surface area contributed by atoms with Crippen LogP contribution in [0.2, 0.25) is 0 Å². The number of nitrogens with zero attached hydrogens (tertiary/aromatic N) is 1. The van der Waals surface area contributed by atoms with Crippen molar-refractivity contribution in [2.24, 2.45) is 5.41 Å². The van der Waals surface area contributed by atoms with E-state index in [9.17, 15) is 8.42 Å². The number of aromatic nitrogens is 1. The summed E-state index contributed by atoms with van der Waals surface area (Å²) in [5.41, 5.74) is 0.126. The molecule has 1 N–H and O–H groups in total. The molecule has 0 saturated carbocycles. The highest BCUT2D eigenvalue weighted by molar-refractivity contribution is 7.90. The van der Waals surface area contributed by atoms with Crippen molar-refractivity contribution in [2.75, 3.05) is 18.1 Å². The minimum atomic E-state index is -3.25. The molecule has 1 rings (SSSR count). The van der Waals surface area contributed by atoms with Crippen molar-refractivity contribution in [3.63, 3.8) is 0 Å². The molecule has 0 aliphatic heterocycles. The molecule has 0 aliphatic rings. The van der Waals surface area contributed by atoms with Gasteiger partial charge in [-0.25, -0.2) is 13.4 Å². The highest BCUT2D eigenvalue weighted by Crippen LogP contribution is 2.25. The zero-order chi connectivity index (χ0) is 15.2. The van der Waals surface area contributed by atoms with Gasteiger partial charge in [-0.1, -0.05) is 40.0 Å². The lowest BCUT2D eigenvalue weighted by molar-refractivity contribution is 0.342. The standard InChI is InChI=1S/C15H26N2O2S/c1-5-6-7-10-15(2,3)12-17-14-13(20(4,18)19)9-8-11-16-14/h8-9,11H,5-7,10,12H2,1-4H3,(H,16,17). The van der Waals surface area contributed by atoms with Crippen LogP contribution in [-0.4, -0.2) is 26.2 Å². The fourth-order valence-corrected chi connectivity index (χ4v) is 2.89. The van der Waals surface area contributed by atoms with Gasteiger partial charge in [-0.15, -0.1) is 0 Å². The second kappa shape index (κ2) is 7.07. The SMILES string of the molecule is CCCCCC(C)(C)CNc1ncccc1S(C)(=O)=O. The Bertz CT molecular complexity index is 524. The van der Waals surface area contributed by atoms with E-state index in [0.717, 1.165) is 13.0 Å². The van der Waals surface area contributed by atoms with Crippen molar-refractivity contribution in [2.45, 2.75) is 51.3 Å². The van der Waals surface area contributed by atoms with Crippen LogP contribution in [0.15, 0.2) is 23.2 Å². The normalized spacial score (nSPS) is 12.4. The van der Waals surface area contributed by atoms with Crippen LogP contribution in [0.1, 0.15) is 46.5 Å². The third kappa shape index (κ3) is 5.49. The van der Waals surface area contributed by atoms with E-state index in [1.165, 1.54) is 25.5 Å². The number of nitrogens with one attached hydrogen (secondary N) is 1. The molecule has 0 amide bonds. The van der Waals surface area contributed by atoms with E-state index < -0.39 is 9.84 Å². The van der Waals surface area contributed by atoms with Gasteiger partial charge in [0.05, 0.1) is 0 Å². The Morgan fingerprint density at radius 1 is 1.30 bits per heavy atom. The van der Waals surface area contributed by atoms with E-state index >= 15 is 0 Å². The van der Waals surface area contributed by atoms with Gasteiger partial charge in [-0.05, 0) is 24.0 Å². The average Bonchev–Trinajstić information content (AvgIpc) is 2.36. The zero-order valence-corrected chi connectivity index (χ0v) is 13.8. The molecule has 4 nitrogen and oxygen atoms in total. The maximum absolute atomic E-state index is 11.7. The highest BCUT2D eigenvalue weighted by Gasteiger charge is 2.19. The molecular weight excluding hydrogens is 272 g/mol. The molecule has 1 heterocycles. The van der Waals surface area contributed by atoms with E-state index in [4.69, 9.17) is 0 Å². The second-order valence-electron chi connectivity index (χ2n) is 6.10. The lowest BCUT2D eigenvalue weighted by Crippen LogP contribution is -2.24. The van der Waals surface area contributed by atoms with Crippen molar-refractivity contribution in [1.82, 2.24) is 4.98 Å². The molecule has 0 saturated heterocycles. The minimum Gasteiger partial charge on any atom is -0.368 e. The summed E-state index contributed by atoms with van der Waals surface area (Å²) in [6.07, 6.45) is 7.59. The van der Waals surface area contributed by atoms with E-state index in [2.05, 4.69) is 31.1 Å². The van der Waals surface area contributed by atoms with Gasteiger partial charge in [-0.3, -0.25) is 0 Å². The van der Waals surface area contributed by atoms with Crippen LogP contribution in [0.3, 0.4) is 0 Å². The van der Waals surface area contributed by atoms with Gasteiger partial charge >= 0.3 is 0 Å². The predicted molar refractivity (Wildman–Crippen MR) is 83.8 cm³/mol. The lowest BCUT2D eigenvalue weighted by Gasteiger charge is -2.25. The van der Waals surface area contributed by atoms with Crippen LogP contribution >= 0.6 is 0 Å². The monoisotopic (exact) mass is 298 g/mol. The first-order chi connectivity index (χ1) is 9.26. The van der Waals surface area contributed by atoms with Crippen LogP contribution in [0.5, 0.6) is 0 Å². The topological polar surface area (TPSA) is 59.1 Å². The molecule has 1 aromatic heterocycles. The molecule has 0 spiro atoms. The summed E-state index contributed by atoms with van der Waals surface area (Å²) in [5.74, 6) is 0.457. The van der Waals surface area contributed by atoms with Crippen molar-refractivity contribution in [1.29, 1.82) is 0 Å². The Morgan fingerprint density at radius 3 is 2.60 bits per heavy atom. The number of unbranched alkanes of at least 4 members (excludes halogenated alkanes) is 2. The smallest absolute Gasteiger partial charge is 0.179 e. The maximum Gasteiger partial charge on any atom is 0.179 e. The Labute approximate surface area is 122 Å². The average molecular weight is 298 g/mol. The van der Waals surface area contributed by atoms with E-state index in [-0.39, 0.29) is 10.3 Å². The number of rotatable bonds is 8. The molecule has 1 aromatic rings. The molecule has 0 radical (unpaired) electrons. The quantitative estimate of drug-likeness (QED) is 0.746. The molecule has 0 aromatic carbocycles. The number of hydrogen-bond acceptors (Lipinski definition) is 4. The molecule has 0 unspecified atom stereocenters. The molecule has 0 atom stereocenters. The third-order valence-corrected chi connectivity index (χ3v) is 4.49. The summed E-state index contributed by atoms with van der Waals surface area (Å²) in [6.45, 7) is 7.30. The predicted octanol–water partition coefficient (Wildman–Crippen LogP) is 3.50. The maximum atomic E-state index is 11.7. The Balaban J connectivity index is 2.70. The van der Waals surface area contributed by atoms with Gasteiger partial charge in [-0.2, -0.15) is 0 Å². The van der Waals surface area contributed by atoms with Crippen molar-refractivity contribution in [3.8, 4) is 0 Å². The second-order valence-corrected chi connectivity index (χ2v) is 8.08. The summed E-state index contributed by atoms with van der Waals surface area (Å²) in [7, 11) is -3.25. The summed E-state index contributed by atoms with van der Waals surface area (Å²) in [5, 5.41) is 3.20. The molecule has 0 fully saturated rings. The highest BCUT2D eigenvalue weighted by atomic mass is 32.2. The van der Waals surface area contributed by atoms with Gasteiger partial charge < -0.3 is 5.32 Å². The largest absolute Gasteiger partial charge is 0.368 e. The van der Waals surface area contributed by atoms with E-state index in [1.54, 1.807) is 18.3 Å². The third-order valence-electron chi connectivity index (χ3n) is 3.36. The van der Waals surface area contributed by atoms with Gasteiger partial charge in [0.15, 0.2) is 9.84 Å². The summed E-state index contributed by atoms with van der Waals surface area (Å²) >= 11 is 0. The van der Waals surface area contributed by atoms with Crippen LogP contribution in [0.25, 0.3) is 0 Å². The minimum absolute atomic E-state index is 0.126. The fourth-order valence-electron chi connectivity index (χ4n) is 2.09. The lowest BCUT2D eigenvalue weighted by atomic mass is 9.87. The molecular formula is C15H26N2O2S. The van der Waals surface area contributed by atoms with Crippen molar-refractivity contribution >= 4 is 15.7 Å². The Hall–Kier alpha value is -1.10. The zero-order valence-electron chi connectivity index (χ0n) is 12.9. The van der Waals surface area contributed by atoms with E-state index in [0.29, 0.717) is 5.82 Å². The van der Waals surface area contributed by atoms with Crippen LogP contribution < -0.4 is 5.32 Å². The van der Waals surface area contributed by atoms with Crippen LogP contribution in [0.4, 0.5) is 5.82 Å². The van der Waals surface area contributed by atoms with Crippen molar-refractivity contribution < 1.29 is 8.42 Å². The van der Waals surface area contributed by atoms with Gasteiger partial charge in [0.1, 0.15) is 10.7 Å². The number of sulfone groups is 1. The Morgan fingerprint density at radius 2 is 2.00 bits per heavy atom. The molecule has 5 heteroatoms. The number of anilines is 1. The molecule has 0 aliphatic carbocycles. The molecule has 114 valence electrons. The summed E-state index contributed by atoms with van der Waals surface area (Å²) in [4.78, 5) is 4.42. The first kappa shape index (κ1) is 17.0. The summed E-state index contributed by atoms with van der Waals surface area (Å²) < 4.78 is 23.4. The van der Waals surface area contributed by atoms with Gasteiger partial charge in [0, 0.05) is 19.0 Å². The first-order valence-corrected chi connectivity index (χ1v) is 9.04. The van der Waals surface area contributed by atoms with Gasteiger partial charge in [0.25, 0.3) is 0 Å². The van der Waals surface area contributed by atoms with E-state index in [1.807, 2.05) is 0 Å². The van der Waals surface area contributed by atoms with Crippen LogP contribution in [0, 0.1) is 5.41 Å². The number of hydrogen-bond donors (Lipinski definition) is 1. The molecule has 0 bridgehead atoms. The Kier molecular flexibility index (Phi) is 5.99. The van der Waals surface area contributed by atoms with Crippen molar-refractivity contribution in [3.05, 3.63) is 18.3 Å². The van der Waals surface area contributed by atoms with Crippen LogP contribution in [-0.2, 0) is 9.84 Å². The molecule has 20 heavy (non-hydrogen) atoms. The summed E-state index contributed by atoms with van der Waals surface area (Å²) in [6, 6.07) is 3.24. The van der Waals surface area contributed by atoms with Gasteiger partial charge in [0.2, 0.25) is 0 Å².